The summed E-state index contributed by atoms with van der Waals surface area (Å²) in [4.78, 5) is 10.5. The molecule has 1 aromatic rings. The zero-order valence-corrected chi connectivity index (χ0v) is 9.66. The molecule has 0 aliphatic carbocycles. The SMILES string of the molecule is COc1ccc(CNCCOC(C)=O)cc1. The van der Waals surface area contributed by atoms with Crippen LogP contribution in [0.1, 0.15) is 12.5 Å². The third-order valence-corrected chi connectivity index (χ3v) is 2.07. The molecule has 1 rings (SSSR count). The predicted molar refractivity (Wildman–Crippen MR) is 61.3 cm³/mol. The van der Waals surface area contributed by atoms with Gasteiger partial charge < -0.3 is 14.8 Å². The van der Waals surface area contributed by atoms with E-state index < -0.39 is 0 Å². The standard InChI is InChI=1S/C12H17NO3/c1-10(14)16-8-7-13-9-11-3-5-12(15-2)6-4-11/h3-6,13H,7-9H2,1-2H3. The van der Waals surface area contributed by atoms with Crippen molar-refractivity contribution in [2.45, 2.75) is 13.5 Å². The quantitative estimate of drug-likeness (QED) is 0.584. The summed E-state index contributed by atoms with van der Waals surface area (Å²) >= 11 is 0. The van der Waals surface area contributed by atoms with Gasteiger partial charge in [-0.15, -0.1) is 0 Å². The van der Waals surface area contributed by atoms with Crippen molar-refractivity contribution in [2.24, 2.45) is 0 Å². The number of carbonyl (C=O) groups is 1. The molecule has 0 amide bonds. The minimum atomic E-state index is -0.244. The molecule has 0 radical (unpaired) electrons. The maximum Gasteiger partial charge on any atom is 0.302 e. The molecule has 4 heteroatoms. The van der Waals surface area contributed by atoms with E-state index in [1.165, 1.54) is 12.5 Å². The molecule has 0 atom stereocenters. The fraction of sp³-hybridized carbons (Fsp3) is 0.417. The second kappa shape index (κ2) is 6.85. The smallest absolute Gasteiger partial charge is 0.302 e. The molecule has 0 heterocycles. The van der Waals surface area contributed by atoms with Gasteiger partial charge in [-0.3, -0.25) is 4.79 Å². The van der Waals surface area contributed by atoms with Crippen LogP contribution in [0, 0.1) is 0 Å². The van der Waals surface area contributed by atoms with Crippen LogP contribution in [0.15, 0.2) is 24.3 Å². The van der Waals surface area contributed by atoms with Gasteiger partial charge in [-0.1, -0.05) is 12.1 Å². The van der Waals surface area contributed by atoms with Gasteiger partial charge in [-0.25, -0.2) is 0 Å². The molecular formula is C12H17NO3. The van der Waals surface area contributed by atoms with Gasteiger partial charge in [0, 0.05) is 20.0 Å². The van der Waals surface area contributed by atoms with Crippen molar-refractivity contribution in [2.75, 3.05) is 20.3 Å². The Balaban J connectivity index is 2.19. The van der Waals surface area contributed by atoms with Gasteiger partial charge in [0.2, 0.25) is 0 Å². The van der Waals surface area contributed by atoms with Crippen molar-refractivity contribution in [3.63, 3.8) is 0 Å². The third-order valence-electron chi connectivity index (χ3n) is 2.07. The molecule has 0 bridgehead atoms. The van der Waals surface area contributed by atoms with E-state index in [1.54, 1.807) is 7.11 Å². The van der Waals surface area contributed by atoms with E-state index in [2.05, 4.69) is 5.32 Å². The van der Waals surface area contributed by atoms with Crippen LogP contribution in [0.25, 0.3) is 0 Å². The zero-order valence-electron chi connectivity index (χ0n) is 9.66. The van der Waals surface area contributed by atoms with Gasteiger partial charge in [0.15, 0.2) is 0 Å². The van der Waals surface area contributed by atoms with E-state index in [4.69, 9.17) is 9.47 Å². The number of hydrogen-bond acceptors (Lipinski definition) is 4. The largest absolute Gasteiger partial charge is 0.497 e. The van der Waals surface area contributed by atoms with E-state index in [0.29, 0.717) is 13.2 Å². The number of benzene rings is 1. The summed E-state index contributed by atoms with van der Waals surface area (Å²) in [5.41, 5.74) is 1.17. The third kappa shape index (κ3) is 4.79. The molecule has 0 spiro atoms. The minimum Gasteiger partial charge on any atom is -0.497 e. The highest BCUT2D eigenvalue weighted by Gasteiger charge is 1.95. The molecule has 1 aromatic carbocycles. The molecule has 88 valence electrons. The molecule has 0 fully saturated rings. The number of ether oxygens (including phenoxy) is 2. The summed E-state index contributed by atoms with van der Waals surface area (Å²) in [5.74, 6) is 0.606. The molecule has 4 nitrogen and oxygen atoms in total. The normalized spacial score (nSPS) is 9.88. The average Bonchev–Trinajstić information content (AvgIpc) is 2.29. The summed E-state index contributed by atoms with van der Waals surface area (Å²) in [6.07, 6.45) is 0. The maximum absolute atomic E-state index is 10.5. The fourth-order valence-electron chi connectivity index (χ4n) is 1.24. The van der Waals surface area contributed by atoms with E-state index >= 15 is 0 Å². The lowest BCUT2D eigenvalue weighted by molar-refractivity contribution is -0.140. The zero-order chi connectivity index (χ0) is 11.8. The van der Waals surface area contributed by atoms with Crippen molar-refractivity contribution >= 4 is 5.97 Å². The van der Waals surface area contributed by atoms with Crippen molar-refractivity contribution in [1.82, 2.24) is 5.32 Å². The Kier molecular flexibility index (Phi) is 5.36. The monoisotopic (exact) mass is 223 g/mol. The summed E-state index contributed by atoms with van der Waals surface area (Å²) < 4.78 is 9.86. The first-order valence-corrected chi connectivity index (χ1v) is 5.19. The minimum absolute atomic E-state index is 0.244. The molecular weight excluding hydrogens is 206 g/mol. The molecule has 0 aromatic heterocycles. The van der Waals surface area contributed by atoms with Gasteiger partial charge in [0.25, 0.3) is 0 Å². The first-order chi connectivity index (χ1) is 7.72. The molecule has 0 saturated heterocycles. The number of methoxy groups -OCH3 is 1. The molecule has 0 saturated carbocycles. The number of nitrogens with one attached hydrogen (secondary N) is 1. The Morgan fingerprint density at radius 3 is 2.56 bits per heavy atom. The Morgan fingerprint density at radius 1 is 1.31 bits per heavy atom. The highest BCUT2D eigenvalue weighted by Crippen LogP contribution is 2.10. The first-order valence-electron chi connectivity index (χ1n) is 5.19. The Morgan fingerprint density at radius 2 is 2.00 bits per heavy atom. The molecule has 16 heavy (non-hydrogen) atoms. The molecule has 0 aliphatic heterocycles. The van der Waals surface area contributed by atoms with Crippen LogP contribution in [-0.4, -0.2) is 26.2 Å². The number of hydrogen-bond donors (Lipinski definition) is 1. The summed E-state index contributed by atoms with van der Waals surface area (Å²) in [6.45, 7) is 3.23. The van der Waals surface area contributed by atoms with Crippen LogP contribution >= 0.6 is 0 Å². The lowest BCUT2D eigenvalue weighted by atomic mass is 10.2. The summed E-state index contributed by atoms with van der Waals surface area (Å²) in [7, 11) is 1.65. The lowest BCUT2D eigenvalue weighted by Crippen LogP contribution is -2.20. The van der Waals surface area contributed by atoms with Crippen LogP contribution in [0.2, 0.25) is 0 Å². The molecule has 0 aliphatic rings. The van der Waals surface area contributed by atoms with E-state index in [-0.39, 0.29) is 5.97 Å². The van der Waals surface area contributed by atoms with Gasteiger partial charge in [0.05, 0.1) is 7.11 Å². The predicted octanol–water partition coefficient (Wildman–Crippen LogP) is 1.35. The van der Waals surface area contributed by atoms with Gasteiger partial charge in [-0.05, 0) is 17.7 Å². The van der Waals surface area contributed by atoms with E-state index in [9.17, 15) is 4.79 Å². The second-order valence-corrected chi connectivity index (χ2v) is 3.36. The number of carbonyl (C=O) groups excluding carboxylic acids is 1. The Labute approximate surface area is 95.6 Å². The van der Waals surface area contributed by atoms with Crippen LogP contribution in [0.5, 0.6) is 5.75 Å². The van der Waals surface area contributed by atoms with Gasteiger partial charge >= 0.3 is 5.97 Å². The Hall–Kier alpha value is -1.55. The second-order valence-electron chi connectivity index (χ2n) is 3.36. The number of rotatable bonds is 6. The van der Waals surface area contributed by atoms with Crippen LogP contribution in [0.3, 0.4) is 0 Å². The highest BCUT2D eigenvalue weighted by atomic mass is 16.5. The molecule has 0 unspecified atom stereocenters. The Bertz CT molecular complexity index is 322. The van der Waals surface area contributed by atoms with Crippen molar-refractivity contribution in [3.8, 4) is 5.75 Å². The van der Waals surface area contributed by atoms with Crippen LogP contribution in [0.4, 0.5) is 0 Å². The van der Waals surface area contributed by atoms with Crippen LogP contribution in [-0.2, 0) is 16.1 Å². The molecule has 1 N–H and O–H groups in total. The van der Waals surface area contributed by atoms with E-state index in [0.717, 1.165) is 12.3 Å². The first kappa shape index (κ1) is 12.5. The topological polar surface area (TPSA) is 47.6 Å². The highest BCUT2D eigenvalue weighted by molar-refractivity contribution is 5.65. The maximum atomic E-state index is 10.5. The van der Waals surface area contributed by atoms with Crippen molar-refractivity contribution < 1.29 is 14.3 Å². The summed E-state index contributed by atoms with van der Waals surface area (Å²) in [6, 6.07) is 7.83. The van der Waals surface area contributed by atoms with E-state index in [1.807, 2.05) is 24.3 Å². The van der Waals surface area contributed by atoms with Crippen molar-refractivity contribution in [3.05, 3.63) is 29.8 Å². The number of esters is 1. The van der Waals surface area contributed by atoms with Crippen LogP contribution < -0.4 is 10.1 Å². The summed E-state index contributed by atoms with van der Waals surface area (Å²) in [5, 5.41) is 3.18. The average molecular weight is 223 g/mol. The van der Waals surface area contributed by atoms with Gasteiger partial charge in [0.1, 0.15) is 12.4 Å². The fourth-order valence-corrected chi connectivity index (χ4v) is 1.24. The van der Waals surface area contributed by atoms with Crippen molar-refractivity contribution in [1.29, 1.82) is 0 Å². The van der Waals surface area contributed by atoms with Gasteiger partial charge in [-0.2, -0.15) is 0 Å². The lowest BCUT2D eigenvalue weighted by Gasteiger charge is -2.06.